The van der Waals surface area contributed by atoms with Gasteiger partial charge in [0.15, 0.2) is 5.78 Å². The van der Waals surface area contributed by atoms with E-state index in [1.165, 1.54) is 6.08 Å². The molecule has 0 atom stereocenters. The minimum Gasteiger partial charge on any atom is -0.462 e. The Morgan fingerprint density at radius 2 is 1.89 bits per heavy atom. The maximum atomic E-state index is 11.6. The molecule has 0 saturated heterocycles. The third-order valence-electron chi connectivity index (χ3n) is 2.43. The summed E-state index contributed by atoms with van der Waals surface area (Å²) in [4.78, 5) is 24.5. The number of esters is 1. The molecule has 1 aromatic rings. The maximum Gasteiger partial charge on any atom is 0.338 e. The number of anilines is 1. The Balaban J connectivity index is 2.51. The standard InChI is InChI=1S/C14H17NO3/c1-4-13(16)9-10-18-14(17)11-5-7-12(8-6-11)15(2)3/h4-8H,1,9-10H2,2-3H3. The van der Waals surface area contributed by atoms with E-state index in [4.69, 9.17) is 4.74 Å². The second-order valence-corrected chi connectivity index (χ2v) is 4.00. The molecular formula is C14H17NO3. The zero-order valence-corrected chi connectivity index (χ0v) is 10.7. The molecule has 0 amide bonds. The number of ether oxygens (including phenoxy) is 1. The Labute approximate surface area is 107 Å². The van der Waals surface area contributed by atoms with Crippen molar-refractivity contribution in [3.63, 3.8) is 0 Å². The third-order valence-corrected chi connectivity index (χ3v) is 2.43. The van der Waals surface area contributed by atoms with Crippen LogP contribution in [-0.4, -0.2) is 32.5 Å². The van der Waals surface area contributed by atoms with Crippen molar-refractivity contribution >= 4 is 17.4 Å². The molecule has 0 aliphatic heterocycles. The number of carbonyl (C=O) groups excluding carboxylic acids is 2. The molecule has 0 N–H and O–H groups in total. The fourth-order valence-corrected chi connectivity index (χ4v) is 1.33. The van der Waals surface area contributed by atoms with Crippen LogP contribution in [0.4, 0.5) is 5.69 Å². The molecule has 1 aromatic carbocycles. The molecule has 0 radical (unpaired) electrons. The van der Waals surface area contributed by atoms with Crippen LogP contribution in [0, 0.1) is 0 Å². The number of hydrogen-bond acceptors (Lipinski definition) is 4. The van der Waals surface area contributed by atoms with Gasteiger partial charge < -0.3 is 9.64 Å². The summed E-state index contributed by atoms with van der Waals surface area (Å²) in [7, 11) is 3.85. The Morgan fingerprint density at radius 1 is 1.28 bits per heavy atom. The van der Waals surface area contributed by atoms with Gasteiger partial charge in [-0.3, -0.25) is 4.79 Å². The SMILES string of the molecule is C=CC(=O)CCOC(=O)c1ccc(N(C)C)cc1. The van der Waals surface area contributed by atoms with Crippen molar-refractivity contribution in [1.82, 2.24) is 0 Å². The molecule has 0 saturated carbocycles. The van der Waals surface area contributed by atoms with Crippen molar-refractivity contribution in [2.24, 2.45) is 0 Å². The monoisotopic (exact) mass is 247 g/mol. The van der Waals surface area contributed by atoms with Gasteiger partial charge in [0, 0.05) is 26.2 Å². The Morgan fingerprint density at radius 3 is 2.39 bits per heavy atom. The number of benzene rings is 1. The second kappa shape index (κ2) is 6.59. The molecular weight excluding hydrogens is 230 g/mol. The van der Waals surface area contributed by atoms with E-state index < -0.39 is 5.97 Å². The highest BCUT2D eigenvalue weighted by Gasteiger charge is 2.07. The number of carbonyl (C=O) groups is 2. The van der Waals surface area contributed by atoms with Crippen LogP contribution in [0.25, 0.3) is 0 Å². The van der Waals surface area contributed by atoms with Gasteiger partial charge in [0.05, 0.1) is 12.2 Å². The molecule has 96 valence electrons. The highest BCUT2D eigenvalue weighted by atomic mass is 16.5. The quantitative estimate of drug-likeness (QED) is 0.570. The fourth-order valence-electron chi connectivity index (χ4n) is 1.33. The number of nitrogens with zero attached hydrogens (tertiary/aromatic N) is 1. The molecule has 0 heterocycles. The molecule has 0 unspecified atom stereocenters. The summed E-state index contributed by atoms with van der Waals surface area (Å²) in [5, 5.41) is 0. The van der Waals surface area contributed by atoms with E-state index in [-0.39, 0.29) is 18.8 Å². The van der Waals surface area contributed by atoms with Crippen LogP contribution in [0.2, 0.25) is 0 Å². The summed E-state index contributed by atoms with van der Waals surface area (Å²) < 4.78 is 4.98. The zero-order chi connectivity index (χ0) is 13.5. The summed E-state index contributed by atoms with van der Waals surface area (Å²) in [6.45, 7) is 3.43. The molecule has 0 fully saturated rings. The van der Waals surface area contributed by atoms with E-state index in [1.54, 1.807) is 12.1 Å². The molecule has 4 nitrogen and oxygen atoms in total. The van der Waals surface area contributed by atoms with Crippen molar-refractivity contribution < 1.29 is 14.3 Å². The topological polar surface area (TPSA) is 46.6 Å². The molecule has 0 aliphatic rings. The molecule has 4 heteroatoms. The number of allylic oxidation sites excluding steroid dienone is 1. The van der Waals surface area contributed by atoms with E-state index in [9.17, 15) is 9.59 Å². The third kappa shape index (κ3) is 4.05. The van der Waals surface area contributed by atoms with E-state index in [2.05, 4.69) is 6.58 Å². The van der Waals surface area contributed by atoms with Gasteiger partial charge >= 0.3 is 5.97 Å². The summed E-state index contributed by atoms with van der Waals surface area (Å²) in [6.07, 6.45) is 1.39. The van der Waals surface area contributed by atoms with E-state index in [1.807, 2.05) is 31.1 Å². The predicted octanol–water partition coefficient (Wildman–Crippen LogP) is 2.05. The van der Waals surface area contributed by atoms with Gasteiger partial charge in [-0.25, -0.2) is 4.79 Å². The Kier molecular flexibility index (Phi) is 5.11. The second-order valence-electron chi connectivity index (χ2n) is 4.00. The minimum absolute atomic E-state index is 0.0825. The van der Waals surface area contributed by atoms with Crippen molar-refractivity contribution in [2.75, 3.05) is 25.6 Å². The Bertz CT molecular complexity index is 435. The van der Waals surface area contributed by atoms with Crippen LogP contribution < -0.4 is 4.90 Å². The summed E-state index contributed by atoms with van der Waals surface area (Å²) in [5.41, 5.74) is 1.49. The van der Waals surface area contributed by atoms with Crippen LogP contribution in [0.15, 0.2) is 36.9 Å². The van der Waals surface area contributed by atoms with Gasteiger partial charge in [0.2, 0.25) is 0 Å². The molecule has 1 rings (SSSR count). The fraction of sp³-hybridized carbons (Fsp3) is 0.286. The van der Waals surface area contributed by atoms with Crippen molar-refractivity contribution in [3.05, 3.63) is 42.5 Å². The first-order valence-corrected chi connectivity index (χ1v) is 5.64. The van der Waals surface area contributed by atoms with Gasteiger partial charge in [-0.1, -0.05) is 6.58 Å². The lowest BCUT2D eigenvalue weighted by molar-refractivity contribution is -0.115. The zero-order valence-electron chi connectivity index (χ0n) is 10.7. The first kappa shape index (κ1) is 14.0. The smallest absolute Gasteiger partial charge is 0.338 e. The normalized spacial score (nSPS) is 9.67. The van der Waals surface area contributed by atoms with Crippen LogP contribution in [0.3, 0.4) is 0 Å². The largest absolute Gasteiger partial charge is 0.462 e. The minimum atomic E-state index is -0.419. The first-order valence-electron chi connectivity index (χ1n) is 5.64. The highest BCUT2D eigenvalue weighted by molar-refractivity contribution is 5.91. The summed E-state index contributed by atoms with van der Waals surface area (Å²) in [6, 6.07) is 7.08. The van der Waals surface area contributed by atoms with E-state index in [0.717, 1.165) is 5.69 Å². The summed E-state index contributed by atoms with van der Waals surface area (Å²) >= 11 is 0. The van der Waals surface area contributed by atoms with E-state index >= 15 is 0 Å². The molecule has 0 aromatic heterocycles. The predicted molar refractivity (Wildman–Crippen MR) is 70.9 cm³/mol. The lowest BCUT2D eigenvalue weighted by atomic mass is 10.2. The maximum absolute atomic E-state index is 11.6. The highest BCUT2D eigenvalue weighted by Crippen LogP contribution is 2.12. The van der Waals surface area contributed by atoms with Crippen LogP contribution in [0.1, 0.15) is 16.8 Å². The average molecular weight is 247 g/mol. The van der Waals surface area contributed by atoms with E-state index in [0.29, 0.717) is 5.56 Å². The van der Waals surface area contributed by atoms with Crippen molar-refractivity contribution in [2.45, 2.75) is 6.42 Å². The summed E-state index contributed by atoms with van der Waals surface area (Å²) in [5.74, 6) is -0.553. The molecule has 0 spiro atoms. The van der Waals surface area contributed by atoms with Crippen molar-refractivity contribution in [1.29, 1.82) is 0 Å². The molecule has 18 heavy (non-hydrogen) atoms. The van der Waals surface area contributed by atoms with Gasteiger partial charge in [-0.15, -0.1) is 0 Å². The Hall–Kier alpha value is -2.10. The molecule has 0 bridgehead atoms. The van der Waals surface area contributed by atoms with Crippen LogP contribution in [0.5, 0.6) is 0 Å². The number of rotatable bonds is 6. The van der Waals surface area contributed by atoms with Gasteiger partial charge in [0.1, 0.15) is 0 Å². The first-order chi connectivity index (χ1) is 8.54. The van der Waals surface area contributed by atoms with Gasteiger partial charge in [0.25, 0.3) is 0 Å². The number of hydrogen-bond donors (Lipinski definition) is 0. The lowest BCUT2D eigenvalue weighted by Crippen LogP contribution is -2.11. The molecule has 0 aliphatic carbocycles. The van der Waals surface area contributed by atoms with Crippen molar-refractivity contribution in [3.8, 4) is 0 Å². The average Bonchev–Trinajstić information content (AvgIpc) is 2.38. The lowest BCUT2D eigenvalue weighted by Gasteiger charge is -2.12. The van der Waals surface area contributed by atoms with Crippen LogP contribution in [-0.2, 0) is 9.53 Å². The van der Waals surface area contributed by atoms with Crippen LogP contribution >= 0.6 is 0 Å². The van der Waals surface area contributed by atoms with Gasteiger partial charge in [-0.05, 0) is 30.3 Å². The number of ketones is 1. The van der Waals surface area contributed by atoms with Gasteiger partial charge in [-0.2, -0.15) is 0 Å².